The van der Waals surface area contributed by atoms with Gasteiger partial charge in [0, 0.05) is 25.7 Å². The van der Waals surface area contributed by atoms with Crippen LogP contribution in [0.15, 0.2) is 35.1 Å². The van der Waals surface area contributed by atoms with Crippen LogP contribution in [0.1, 0.15) is 24.9 Å². The van der Waals surface area contributed by atoms with Crippen LogP contribution in [0.5, 0.6) is 0 Å². The molecular formula is C14H17BrN4. The van der Waals surface area contributed by atoms with Crippen molar-refractivity contribution in [2.75, 3.05) is 11.9 Å². The first kappa shape index (κ1) is 13.9. The lowest BCUT2D eigenvalue weighted by Gasteiger charge is -2.18. The first-order valence-corrected chi connectivity index (χ1v) is 7.13. The minimum Gasteiger partial charge on any atom is -0.354 e. The van der Waals surface area contributed by atoms with E-state index in [4.69, 9.17) is 0 Å². The zero-order chi connectivity index (χ0) is 13.7. The lowest BCUT2D eigenvalue weighted by Crippen LogP contribution is -2.19. The molecule has 0 bridgehead atoms. The third-order valence-corrected chi connectivity index (χ3v) is 3.12. The van der Waals surface area contributed by atoms with E-state index >= 15 is 0 Å². The summed E-state index contributed by atoms with van der Waals surface area (Å²) in [4.78, 5) is 15.4. The topological polar surface area (TPSA) is 41.9 Å². The number of nitrogens with zero attached hydrogens (tertiary/aromatic N) is 4. The molecule has 19 heavy (non-hydrogen) atoms. The van der Waals surface area contributed by atoms with Crippen molar-refractivity contribution in [3.05, 3.63) is 46.6 Å². The Bertz CT molecular complexity index is 530. The SMILES string of the molecule is CCCc1nc(Br)cc(N(C)Cc2ccccn2)n1. The molecule has 0 aromatic carbocycles. The lowest BCUT2D eigenvalue weighted by molar-refractivity contribution is 0.800. The second kappa shape index (κ2) is 6.61. The molecule has 2 aromatic rings. The largest absolute Gasteiger partial charge is 0.354 e. The molecule has 0 radical (unpaired) electrons. The number of anilines is 1. The van der Waals surface area contributed by atoms with Crippen molar-refractivity contribution in [1.29, 1.82) is 0 Å². The maximum absolute atomic E-state index is 4.58. The van der Waals surface area contributed by atoms with E-state index in [1.165, 1.54) is 0 Å². The smallest absolute Gasteiger partial charge is 0.133 e. The van der Waals surface area contributed by atoms with Gasteiger partial charge in [0.1, 0.15) is 16.2 Å². The van der Waals surface area contributed by atoms with Gasteiger partial charge < -0.3 is 4.90 Å². The highest BCUT2D eigenvalue weighted by atomic mass is 79.9. The van der Waals surface area contributed by atoms with Crippen LogP contribution in [0.2, 0.25) is 0 Å². The van der Waals surface area contributed by atoms with Gasteiger partial charge in [-0.2, -0.15) is 0 Å². The van der Waals surface area contributed by atoms with Crippen LogP contribution in [-0.4, -0.2) is 22.0 Å². The van der Waals surface area contributed by atoms with Gasteiger partial charge in [-0.1, -0.05) is 13.0 Å². The fourth-order valence-electron chi connectivity index (χ4n) is 1.80. The first-order chi connectivity index (χ1) is 9.19. The number of rotatable bonds is 5. The fraction of sp³-hybridized carbons (Fsp3) is 0.357. The Kier molecular flexibility index (Phi) is 4.85. The molecule has 4 nitrogen and oxygen atoms in total. The Balaban J connectivity index is 2.16. The normalized spacial score (nSPS) is 10.5. The highest BCUT2D eigenvalue weighted by molar-refractivity contribution is 9.10. The summed E-state index contributed by atoms with van der Waals surface area (Å²) in [5.74, 6) is 1.79. The minimum absolute atomic E-state index is 0.732. The van der Waals surface area contributed by atoms with Gasteiger partial charge in [0.05, 0.1) is 12.2 Å². The Morgan fingerprint density at radius 1 is 1.26 bits per heavy atom. The second-order valence-electron chi connectivity index (χ2n) is 4.39. The Labute approximate surface area is 122 Å². The number of aromatic nitrogens is 3. The molecule has 0 aliphatic heterocycles. The highest BCUT2D eigenvalue weighted by Crippen LogP contribution is 2.17. The van der Waals surface area contributed by atoms with Crippen LogP contribution in [-0.2, 0) is 13.0 Å². The van der Waals surface area contributed by atoms with Crippen molar-refractivity contribution in [2.45, 2.75) is 26.3 Å². The fourth-order valence-corrected chi connectivity index (χ4v) is 2.21. The zero-order valence-electron chi connectivity index (χ0n) is 11.2. The van der Waals surface area contributed by atoms with E-state index in [9.17, 15) is 0 Å². The predicted molar refractivity (Wildman–Crippen MR) is 80.1 cm³/mol. The number of aryl methyl sites for hydroxylation is 1. The molecule has 2 rings (SSSR count). The molecule has 2 aromatic heterocycles. The average Bonchev–Trinajstić information content (AvgIpc) is 2.39. The summed E-state index contributed by atoms with van der Waals surface area (Å²) < 4.78 is 0.828. The van der Waals surface area contributed by atoms with E-state index in [1.54, 1.807) is 0 Å². The molecule has 0 atom stereocenters. The molecule has 0 aliphatic rings. The predicted octanol–water partition coefficient (Wildman–Crippen LogP) is 3.22. The second-order valence-corrected chi connectivity index (χ2v) is 5.20. The van der Waals surface area contributed by atoms with Gasteiger partial charge in [0.15, 0.2) is 0 Å². The molecule has 0 spiro atoms. The molecular weight excluding hydrogens is 304 g/mol. The molecule has 0 amide bonds. The average molecular weight is 321 g/mol. The first-order valence-electron chi connectivity index (χ1n) is 6.33. The molecule has 0 unspecified atom stereocenters. The number of halogens is 1. The van der Waals surface area contributed by atoms with E-state index in [0.717, 1.165) is 41.3 Å². The van der Waals surface area contributed by atoms with Gasteiger partial charge in [0.25, 0.3) is 0 Å². The number of hydrogen-bond acceptors (Lipinski definition) is 4. The summed E-state index contributed by atoms with van der Waals surface area (Å²) in [7, 11) is 2.01. The molecule has 0 aliphatic carbocycles. The quantitative estimate of drug-likeness (QED) is 0.793. The van der Waals surface area contributed by atoms with Crippen molar-refractivity contribution < 1.29 is 0 Å². The van der Waals surface area contributed by atoms with Crippen LogP contribution in [0.25, 0.3) is 0 Å². The molecule has 2 heterocycles. The zero-order valence-corrected chi connectivity index (χ0v) is 12.8. The molecule has 0 saturated carbocycles. The Morgan fingerprint density at radius 3 is 2.79 bits per heavy atom. The van der Waals surface area contributed by atoms with Gasteiger partial charge >= 0.3 is 0 Å². The third kappa shape index (κ3) is 3.99. The Morgan fingerprint density at radius 2 is 2.11 bits per heavy atom. The highest BCUT2D eigenvalue weighted by Gasteiger charge is 2.08. The van der Waals surface area contributed by atoms with Gasteiger partial charge in [0.2, 0.25) is 0 Å². The van der Waals surface area contributed by atoms with E-state index < -0.39 is 0 Å². The minimum atomic E-state index is 0.732. The van der Waals surface area contributed by atoms with Crippen LogP contribution < -0.4 is 4.90 Å². The summed E-state index contributed by atoms with van der Waals surface area (Å²) in [6, 6.07) is 7.86. The third-order valence-electron chi connectivity index (χ3n) is 2.72. The van der Waals surface area contributed by atoms with Crippen LogP contribution >= 0.6 is 15.9 Å². The standard InChI is InChI=1S/C14H17BrN4/c1-3-6-13-17-12(15)9-14(18-13)19(2)10-11-7-4-5-8-16-11/h4-5,7-9H,3,6,10H2,1-2H3. The maximum atomic E-state index is 4.58. The van der Waals surface area contributed by atoms with E-state index in [0.29, 0.717) is 0 Å². The summed E-state index contributed by atoms with van der Waals surface area (Å²) in [5.41, 5.74) is 1.02. The van der Waals surface area contributed by atoms with Crippen molar-refractivity contribution in [2.24, 2.45) is 0 Å². The van der Waals surface area contributed by atoms with Crippen LogP contribution in [0.4, 0.5) is 5.82 Å². The van der Waals surface area contributed by atoms with Crippen molar-refractivity contribution in [1.82, 2.24) is 15.0 Å². The van der Waals surface area contributed by atoms with Gasteiger partial charge in [-0.3, -0.25) is 4.98 Å². The van der Waals surface area contributed by atoms with E-state index in [1.807, 2.05) is 37.5 Å². The van der Waals surface area contributed by atoms with Crippen LogP contribution in [0.3, 0.4) is 0 Å². The Hall–Kier alpha value is -1.49. The molecule has 0 fully saturated rings. The molecule has 5 heteroatoms. The monoisotopic (exact) mass is 320 g/mol. The van der Waals surface area contributed by atoms with E-state index in [-0.39, 0.29) is 0 Å². The molecule has 0 saturated heterocycles. The summed E-state index contributed by atoms with van der Waals surface area (Å²) in [6.07, 6.45) is 3.74. The number of pyridine rings is 1. The number of hydrogen-bond donors (Lipinski definition) is 0. The lowest BCUT2D eigenvalue weighted by atomic mass is 10.3. The van der Waals surface area contributed by atoms with Gasteiger partial charge in [-0.25, -0.2) is 9.97 Å². The molecule has 0 N–H and O–H groups in total. The summed E-state index contributed by atoms with van der Waals surface area (Å²) in [6.45, 7) is 2.86. The van der Waals surface area contributed by atoms with Crippen molar-refractivity contribution in [3.8, 4) is 0 Å². The van der Waals surface area contributed by atoms with E-state index in [2.05, 4.69) is 42.7 Å². The molecule has 100 valence electrons. The summed E-state index contributed by atoms with van der Waals surface area (Å²) >= 11 is 3.44. The van der Waals surface area contributed by atoms with Crippen LogP contribution in [0, 0.1) is 0 Å². The van der Waals surface area contributed by atoms with Gasteiger partial charge in [-0.05, 0) is 34.5 Å². The van der Waals surface area contributed by atoms with Crippen molar-refractivity contribution >= 4 is 21.7 Å². The summed E-state index contributed by atoms with van der Waals surface area (Å²) in [5, 5.41) is 0. The van der Waals surface area contributed by atoms with Crippen molar-refractivity contribution in [3.63, 3.8) is 0 Å². The van der Waals surface area contributed by atoms with Gasteiger partial charge in [-0.15, -0.1) is 0 Å². The maximum Gasteiger partial charge on any atom is 0.133 e.